The van der Waals surface area contributed by atoms with Crippen molar-refractivity contribution in [3.05, 3.63) is 11.7 Å². The summed E-state index contributed by atoms with van der Waals surface area (Å²) in [4.78, 5) is 4.33. The lowest BCUT2D eigenvalue weighted by molar-refractivity contribution is 0.368. The van der Waals surface area contributed by atoms with Crippen LogP contribution in [0.2, 0.25) is 0 Å². The number of hydrogen-bond donors (Lipinski definition) is 1. The Balaban J connectivity index is 2.14. The molecule has 0 saturated carbocycles. The highest BCUT2D eigenvalue weighted by atomic mass is 16.5. The van der Waals surface area contributed by atoms with E-state index in [4.69, 9.17) is 10.3 Å². The SMILES string of the molecule is CCCCCCCc1nc(CCCN)no1. The van der Waals surface area contributed by atoms with Crippen LogP contribution in [0.1, 0.15) is 57.2 Å². The van der Waals surface area contributed by atoms with Crippen molar-refractivity contribution in [2.45, 2.75) is 58.3 Å². The van der Waals surface area contributed by atoms with E-state index in [-0.39, 0.29) is 0 Å². The number of aryl methyl sites for hydroxylation is 2. The third kappa shape index (κ3) is 5.26. The summed E-state index contributed by atoms with van der Waals surface area (Å²) >= 11 is 0. The highest BCUT2D eigenvalue weighted by molar-refractivity contribution is 4.86. The topological polar surface area (TPSA) is 64.9 Å². The quantitative estimate of drug-likeness (QED) is 0.656. The highest BCUT2D eigenvalue weighted by Gasteiger charge is 2.04. The molecule has 0 radical (unpaired) electrons. The van der Waals surface area contributed by atoms with Crippen molar-refractivity contribution in [1.29, 1.82) is 0 Å². The summed E-state index contributed by atoms with van der Waals surface area (Å²) in [5.74, 6) is 1.58. The molecule has 0 aliphatic carbocycles. The van der Waals surface area contributed by atoms with Crippen molar-refractivity contribution >= 4 is 0 Å². The molecule has 92 valence electrons. The van der Waals surface area contributed by atoms with Crippen LogP contribution in [0.3, 0.4) is 0 Å². The maximum atomic E-state index is 5.42. The molecular formula is C12H23N3O. The van der Waals surface area contributed by atoms with Crippen molar-refractivity contribution < 1.29 is 4.52 Å². The summed E-state index contributed by atoms with van der Waals surface area (Å²) in [5.41, 5.74) is 5.42. The van der Waals surface area contributed by atoms with E-state index >= 15 is 0 Å². The van der Waals surface area contributed by atoms with Gasteiger partial charge in [-0.3, -0.25) is 0 Å². The Hall–Kier alpha value is -0.900. The number of unbranched alkanes of at least 4 members (excludes halogenated alkanes) is 4. The lowest BCUT2D eigenvalue weighted by atomic mass is 10.1. The Morgan fingerprint density at radius 2 is 1.88 bits per heavy atom. The average molecular weight is 225 g/mol. The van der Waals surface area contributed by atoms with E-state index in [9.17, 15) is 0 Å². The Bertz CT molecular complexity index is 273. The minimum absolute atomic E-state index is 0.681. The molecule has 1 aromatic heterocycles. The lowest BCUT2D eigenvalue weighted by Crippen LogP contribution is -2.01. The molecule has 0 unspecified atom stereocenters. The first-order chi connectivity index (χ1) is 7.86. The smallest absolute Gasteiger partial charge is 0.226 e. The predicted molar refractivity (Wildman–Crippen MR) is 64.1 cm³/mol. The fourth-order valence-electron chi connectivity index (χ4n) is 1.63. The van der Waals surface area contributed by atoms with Crippen molar-refractivity contribution in [3.8, 4) is 0 Å². The molecule has 0 aliphatic heterocycles. The number of hydrogen-bond acceptors (Lipinski definition) is 4. The van der Waals surface area contributed by atoms with Crippen LogP contribution in [0.4, 0.5) is 0 Å². The van der Waals surface area contributed by atoms with Crippen LogP contribution in [0, 0.1) is 0 Å². The summed E-state index contributed by atoms with van der Waals surface area (Å²) in [6.07, 6.45) is 9.00. The maximum absolute atomic E-state index is 5.42. The Morgan fingerprint density at radius 3 is 2.62 bits per heavy atom. The average Bonchev–Trinajstić information content (AvgIpc) is 2.74. The van der Waals surface area contributed by atoms with Crippen LogP contribution >= 0.6 is 0 Å². The molecule has 2 N–H and O–H groups in total. The summed E-state index contributed by atoms with van der Waals surface area (Å²) < 4.78 is 5.17. The molecule has 0 saturated heterocycles. The first-order valence-corrected chi connectivity index (χ1v) is 6.38. The minimum atomic E-state index is 0.681. The molecule has 0 bridgehead atoms. The van der Waals surface area contributed by atoms with Gasteiger partial charge in [-0.15, -0.1) is 0 Å². The minimum Gasteiger partial charge on any atom is -0.339 e. The summed E-state index contributed by atoms with van der Waals surface area (Å²) in [6.45, 7) is 2.91. The number of nitrogens with zero attached hydrogens (tertiary/aromatic N) is 2. The van der Waals surface area contributed by atoms with Crippen molar-refractivity contribution in [1.82, 2.24) is 10.1 Å². The maximum Gasteiger partial charge on any atom is 0.226 e. The normalized spacial score (nSPS) is 10.9. The van der Waals surface area contributed by atoms with Crippen LogP contribution in [0.25, 0.3) is 0 Å². The molecule has 16 heavy (non-hydrogen) atoms. The lowest BCUT2D eigenvalue weighted by Gasteiger charge is -1.96. The third-order valence-electron chi connectivity index (χ3n) is 2.61. The van der Waals surface area contributed by atoms with Crippen LogP contribution in [0.15, 0.2) is 4.52 Å². The Labute approximate surface area is 97.6 Å². The van der Waals surface area contributed by atoms with E-state index in [1.165, 1.54) is 25.7 Å². The van der Waals surface area contributed by atoms with Gasteiger partial charge in [-0.05, 0) is 19.4 Å². The molecule has 0 fully saturated rings. The Kier molecular flexibility index (Phi) is 6.81. The molecule has 0 atom stereocenters. The molecule has 0 aliphatic rings. The number of aromatic nitrogens is 2. The van der Waals surface area contributed by atoms with Gasteiger partial charge in [0.05, 0.1) is 0 Å². The van der Waals surface area contributed by atoms with E-state index in [1.54, 1.807) is 0 Å². The van der Waals surface area contributed by atoms with Gasteiger partial charge >= 0.3 is 0 Å². The molecule has 0 aromatic carbocycles. The fraction of sp³-hybridized carbons (Fsp3) is 0.833. The van der Waals surface area contributed by atoms with E-state index in [0.717, 1.165) is 37.4 Å². The van der Waals surface area contributed by atoms with Crippen LogP contribution in [-0.2, 0) is 12.8 Å². The second-order valence-electron chi connectivity index (χ2n) is 4.16. The molecule has 1 aromatic rings. The zero-order valence-electron chi connectivity index (χ0n) is 10.2. The number of rotatable bonds is 9. The monoisotopic (exact) mass is 225 g/mol. The zero-order valence-corrected chi connectivity index (χ0v) is 10.2. The van der Waals surface area contributed by atoms with Crippen molar-refractivity contribution in [2.75, 3.05) is 6.54 Å². The van der Waals surface area contributed by atoms with Gasteiger partial charge in [0.2, 0.25) is 5.89 Å². The second-order valence-corrected chi connectivity index (χ2v) is 4.16. The molecule has 1 heterocycles. The van der Waals surface area contributed by atoms with Crippen molar-refractivity contribution in [3.63, 3.8) is 0 Å². The highest BCUT2D eigenvalue weighted by Crippen LogP contribution is 2.08. The van der Waals surface area contributed by atoms with E-state index in [1.807, 2.05) is 0 Å². The van der Waals surface area contributed by atoms with Crippen LogP contribution < -0.4 is 5.73 Å². The van der Waals surface area contributed by atoms with Crippen LogP contribution in [0.5, 0.6) is 0 Å². The summed E-state index contributed by atoms with van der Waals surface area (Å²) in [6, 6.07) is 0. The zero-order chi connectivity index (χ0) is 11.6. The third-order valence-corrected chi connectivity index (χ3v) is 2.61. The van der Waals surface area contributed by atoms with Crippen molar-refractivity contribution in [2.24, 2.45) is 5.73 Å². The predicted octanol–water partition coefficient (Wildman–Crippen LogP) is 2.47. The van der Waals surface area contributed by atoms with E-state index in [0.29, 0.717) is 6.54 Å². The van der Waals surface area contributed by atoms with E-state index in [2.05, 4.69) is 17.1 Å². The van der Waals surface area contributed by atoms with Gasteiger partial charge in [-0.2, -0.15) is 4.98 Å². The van der Waals surface area contributed by atoms with Crippen LogP contribution in [-0.4, -0.2) is 16.7 Å². The molecule has 4 heteroatoms. The van der Waals surface area contributed by atoms with Gasteiger partial charge in [0.15, 0.2) is 5.82 Å². The van der Waals surface area contributed by atoms with Gasteiger partial charge in [0, 0.05) is 12.8 Å². The standard InChI is InChI=1S/C12H23N3O/c1-2-3-4-5-6-9-12-14-11(15-16-12)8-7-10-13/h2-10,13H2,1H3. The summed E-state index contributed by atoms with van der Waals surface area (Å²) in [5, 5.41) is 3.93. The van der Waals surface area contributed by atoms with E-state index < -0.39 is 0 Å². The summed E-state index contributed by atoms with van der Waals surface area (Å²) in [7, 11) is 0. The first-order valence-electron chi connectivity index (χ1n) is 6.38. The van der Waals surface area contributed by atoms with Gasteiger partial charge in [0.25, 0.3) is 0 Å². The first kappa shape index (κ1) is 13.2. The van der Waals surface area contributed by atoms with Gasteiger partial charge in [0.1, 0.15) is 0 Å². The molecule has 1 rings (SSSR count). The van der Waals surface area contributed by atoms with Gasteiger partial charge in [-0.1, -0.05) is 37.8 Å². The largest absolute Gasteiger partial charge is 0.339 e. The molecule has 4 nitrogen and oxygen atoms in total. The fourth-order valence-corrected chi connectivity index (χ4v) is 1.63. The second kappa shape index (κ2) is 8.28. The molecular weight excluding hydrogens is 202 g/mol. The molecule has 0 spiro atoms. The molecule has 0 amide bonds. The van der Waals surface area contributed by atoms with Gasteiger partial charge in [-0.25, -0.2) is 0 Å². The number of nitrogens with two attached hydrogens (primary N) is 1. The Morgan fingerprint density at radius 1 is 1.06 bits per heavy atom. The van der Waals surface area contributed by atoms with Gasteiger partial charge < -0.3 is 10.3 Å².